The first-order valence-electron chi connectivity index (χ1n) is 12.8. The summed E-state index contributed by atoms with van der Waals surface area (Å²) in [6.45, 7) is 0.791. The van der Waals surface area contributed by atoms with Crippen LogP contribution < -0.4 is 14.8 Å². The molecule has 1 amide bonds. The molecule has 3 heterocycles. The number of halogens is 5. The molecular weight excluding hydrogens is 561 g/mol. The third kappa shape index (κ3) is 5.00. The van der Waals surface area contributed by atoms with Crippen molar-refractivity contribution in [3.63, 3.8) is 0 Å². The van der Waals surface area contributed by atoms with Crippen molar-refractivity contribution >= 4 is 16.8 Å². The number of aryl methyl sites for hydroxylation is 1. The maximum Gasteiger partial charge on any atom is 0.424 e. The number of nitrogens with zero attached hydrogens (tertiary/aromatic N) is 2. The van der Waals surface area contributed by atoms with Crippen molar-refractivity contribution in [2.45, 2.75) is 31.0 Å². The van der Waals surface area contributed by atoms with E-state index >= 15 is 0 Å². The molecule has 0 saturated carbocycles. The molecule has 220 valence electrons. The Labute approximate surface area is 237 Å². The lowest BCUT2D eigenvalue weighted by Gasteiger charge is -2.31. The molecule has 42 heavy (non-hydrogen) atoms. The number of fused-ring (bicyclic) bond motifs is 2. The molecule has 2 atom stereocenters. The van der Waals surface area contributed by atoms with E-state index in [-0.39, 0.29) is 40.5 Å². The van der Waals surface area contributed by atoms with E-state index < -0.39 is 47.8 Å². The van der Waals surface area contributed by atoms with Crippen LogP contribution in [0.25, 0.3) is 22.2 Å². The van der Waals surface area contributed by atoms with Crippen LogP contribution in [0, 0.1) is 12.7 Å². The first kappa shape index (κ1) is 29.2. The largest absolute Gasteiger partial charge is 0.494 e. The predicted molar refractivity (Wildman–Crippen MR) is 144 cm³/mol. The van der Waals surface area contributed by atoms with Crippen LogP contribution in [0.15, 0.2) is 54.7 Å². The third-order valence-corrected chi connectivity index (χ3v) is 7.34. The molecule has 0 aliphatic carbocycles. The van der Waals surface area contributed by atoms with Crippen molar-refractivity contribution in [2.75, 3.05) is 26.9 Å². The Balaban J connectivity index is 1.57. The quantitative estimate of drug-likeness (QED) is 0.276. The van der Waals surface area contributed by atoms with Crippen LogP contribution in [0.3, 0.4) is 0 Å². The second-order valence-corrected chi connectivity index (χ2v) is 10.5. The number of amides is 1. The lowest BCUT2D eigenvalue weighted by Crippen LogP contribution is -2.51. The number of alkyl halides is 4. The summed E-state index contributed by atoms with van der Waals surface area (Å²) < 4.78 is 82.5. The molecule has 5 rings (SSSR count). The number of carbonyl (C=O) groups excluding carboxylic acids is 1. The summed E-state index contributed by atoms with van der Waals surface area (Å²) >= 11 is 0. The minimum atomic E-state index is -5.32. The van der Waals surface area contributed by atoms with Crippen LogP contribution in [0.1, 0.15) is 34.1 Å². The fourth-order valence-corrected chi connectivity index (χ4v) is 4.82. The SMILES string of the molecule is COc1cc(C(=O)NCC(O)(c2cc3c(c(-c4ccc(F)cc4)n2)OCC3(C)CF)C(F)(F)F)cc2cc(C)cnc12. The van der Waals surface area contributed by atoms with Crippen LogP contribution in [0.4, 0.5) is 22.0 Å². The third-order valence-electron chi connectivity index (χ3n) is 7.34. The van der Waals surface area contributed by atoms with Gasteiger partial charge in [-0.2, -0.15) is 13.2 Å². The van der Waals surface area contributed by atoms with Crippen molar-refractivity contribution in [2.24, 2.45) is 0 Å². The number of hydrogen-bond acceptors (Lipinski definition) is 6. The predicted octanol–water partition coefficient (Wildman–Crippen LogP) is 5.55. The molecule has 0 bridgehead atoms. The Morgan fingerprint density at radius 1 is 1.17 bits per heavy atom. The van der Waals surface area contributed by atoms with Gasteiger partial charge in [0.2, 0.25) is 5.60 Å². The second kappa shape index (κ2) is 10.5. The van der Waals surface area contributed by atoms with E-state index in [0.717, 1.165) is 23.8 Å². The highest BCUT2D eigenvalue weighted by atomic mass is 19.4. The van der Waals surface area contributed by atoms with Gasteiger partial charge in [0, 0.05) is 28.3 Å². The Hall–Kier alpha value is -4.32. The number of nitrogens with one attached hydrogen (secondary N) is 1. The minimum absolute atomic E-state index is 0.0245. The van der Waals surface area contributed by atoms with Gasteiger partial charge in [0.05, 0.1) is 24.8 Å². The molecule has 1 aliphatic heterocycles. The zero-order chi connectivity index (χ0) is 30.4. The Morgan fingerprint density at radius 2 is 1.88 bits per heavy atom. The molecule has 2 N–H and O–H groups in total. The van der Waals surface area contributed by atoms with Gasteiger partial charge in [0.15, 0.2) is 0 Å². The van der Waals surface area contributed by atoms with Crippen molar-refractivity contribution < 1.29 is 41.3 Å². The monoisotopic (exact) mass is 587 g/mol. The van der Waals surface area contributed by atoms with Gasteiger partial charge in [-0.05, 0) is 67.9 Å². The molecule has 0 radical (unpaired) electrons. The fourth-order valence-electron chi connectivity index (χ4n) is 4.82. The van der Waals surface area contributed by atoms with E-state index in [1.54, 1.807) is 19.2 Å². The minimum Gasteiger partial charge on any atom is -0.494 e. The number of hydrogen-bond donors (Lipinski definition) is 2. The van der Waals surface area contributed by atoms with Gasteiger partial charge in [0.25, 0.3) is 5.91 Å². The zero-order valence-electron chi connectivity index (χ0n) is 22.8. The van der Waals surface area contributed by atoms with Crippen molar-refractivity contribution in [1.29, 1.82) is 0 Å². The van der Waals surface area contributed by atoms with Gasteiger partial charge in [-0.1, -0.05) is 0 Å². The van der Waals surface area contributed by atoms with E-state index in [9.17, 15) is 31.9 Å². The molecule has 0 fully saturated rings. The lowest BCUT2D eigenvalue weighted by atomic mass is 9.83. The number of aromatic nitrogens is 2. The van der Waals surface area contributed by atoms with Crippen LogP contribution in [-0.2, 0) is 11.0 Å². The van der Waals surface area contributed by atoms with Crippen LogP contribution >= 0.6 is 0 Å². The van der Waals surface area contributed by atoms with Gasteiger partial charge in [0.1, 0.15) is 41.8 Å². The number of benzene rings is 2. The highest BCUT2D eigenvalue weighted by Crippen LogP contribution is 2.48. The van der Waals surface area contributed by atoms with Gasteiger partial charge in [-0.3, -0.25) is 9.78 Å². The summed E-state index contributed by atoms with van der Waals surface area (Å²) in [6.07, 6.45) is -3.72. The Kier molecular flexibility index (Phi) is 7.30. The molecule has 12 heteroatoms. The zero-order valence-corrected chi connectivity index (χ0v) is 22.8. The smallest absolute Gasteiger partial charge is 0.424 e. The van der Waals surface area contributed by atoms with Crippen LogP contribution in [0.5, 0.6) is 11.5 Å². The summed E-state index contributed by atoms with van der Waals surface area (Å²) in [5.74, 6) is -1.24. The summed E-state index contributed by atoms with van der Waals surface area (Å²) in [7, 11) is 1.37. The molecule has 0 spiro atoms. The summed E-state index contributed by atoms with van der Waals surface area (Å²) in [5, 5.41) is 13.9. The van der Waals surface area contributed by atoms with Crippen molar-refractivity contribution in [1.82, 2.24) is 15.3 Å². The maximum absolute atomic E-state index is 14.6. The van der Waals surface area contributed by atoms with E-state index in [1.807, 2.05) is 0 Å². The first-order valence-corrected chi connectivity index (χ1v) is 12.8. The molecular formula is C30H26F5N3O4. The first-order chi connectivity index (χ1) is 19.8. The lowest BCUT2D eigenvalue weighted by molar-refractivity contribution is -0.265. The number of rotatable bonds is 7. The average Bonchev–Trinajstić information content (AvgIpc) is 3.31. The van der Waals surface area contributed by atoms with E-state index in [1.165, 1.54) is 38.3 Å². The molecule has 7 nitrogen and oxygen atoms in total. The normalized spacial score (nSPS) is 17.8. The molecule has 0 saturated heterocycles. The van der Waals surface area contributed by atoms with Crippen molar-refractivity contribution in [3.05, 3.63) is 82.9 Å². The van der Waals surface area contributed by atoms with Crippen LogP contribution in [0.2, 0.25) is 0 Å². The molecule has 2 aromatic carbocycles. The highest BCUT2D eigenvalue weighted by Gasteiger charge is 2.57. The van der Waals surface area contributed by atoms with Crippen molar-refractivity contribution in [3.8, 4) is 22.8 Å². The Bertz CT molecular complexity index is 1680. The Morgan fingerprint density at radius 3 is 2.52 bits per heavy atom. The molecule has 2 aromatic heterocycles. The van der Waals surface area contributed by atoms with E-state index in [2.05, 4.69) is 15.3 Å². The van der Waals surface area contributed by atoms with Gasteiger partial charge < -0.3 is 19.9 Å². The molecule has 1 aliphatic rings. The number of pyridine rings is 2. The number of methoxy groups -OCH3 is 1. The van der Waals surface area contributed by atoms with E-state index in [4.69, 9.17) is 9.47 Å². The van der Waals surface area contributed by atoms with E-state index in [0.29, 0.717) is 10.9 Å². The number of aliphatic hydroxyl groups is 1. The number of carbonyl (C=O) groups is 1. The second-order valence-electron chi connectivity index (χ2n) is 10.5. The average molecular weight is 588 g/mol. The standard InChI is InChI=1S/C30H26F5N3O4/c1-16-8-18-9-19(10-22(41-3)24(18)36-12-16)27(39)37-14-29(40,30(33,34)35)23-11-21-26(42-15-28(21,2)13-31)25(38-23)17-4-6-20(32)7-5-17/h4-12,40H,13-15H2,1-3H3,(H,37,39). The maximum atomic E-state index is 14.6. The number of ether oxygens (including phenoxy) is 2. The molecule has 2 unspecified atom stereocenters. The van der Waals surface area contributed by atoms with Crippen LogP contribution in [-0.4, -0.2) is 54.1 Å². The molecule has 4 aromatic rings. The summed E-state index contributed by atoms with van der Waals surface area (Å²) in [6, 6.07) is 10.2. The fraction of sp³-hybridized carbons (Fsp3) is 0.300. The van der Waals surface area contributed by atoms with Gasteiger partial charge in [-0.25, -0.2) is 13.8 Å². The summed E-state index contributed by atoms with van der Waals surface area (Å²) in [5.41, 5.74) is -4.55. The van der Waals surface area contributed by atoms with Gasteiger partial charge >= 0.3 is 6.18 Å². The summed E-state index contributed by atoms with van der Waals surface area (Å²) in [4.78, 5) is 21.5. The topological polar surface area (TPSA) is 93.6 Å². The van der Waals surface area contributed by atoms with Gasteiger partial charge in [-0.15, -0.1) is 0 Å². The highest BCUT2D eigenvalue weighted by molar-refractivity contribution is 6.00.